The molecule has 1 atom stereocenters. The van der Waals surface area contributed by atoms with Crippen molar-refractivity contribution in [2.45, 2.75) is 26.8 Å². The molecule has 0 bridgehead atoms. The molecule has 1 aromatic carbocycles. The highest BCUT2D eigenvalue weighted by molar-refractivity contribution is 7.80. The normalized spacial score (nSPS) is 12.0. The fourth-order valence-electron chi connectivity index (χ4n) is 2.32. The number of halogens is 1. The lowest BCUT2D eigenvalue weighted by Crippen LogP contribution is -2.18. The predicted molar refractivity (Wildman–Crippen MR) is 93.1 cm³/mol. The molecule has 0 amide bonds. The van der Waals surface area contributed by atoms with E-state index in [9.17, 15) is 0 Å². The number of hydrogen-bond donors (Lipinski definition) is 2. The SMILES string of the molecule is Cc1cc(NC(C)c2ccc(Cl)cc2)c(C(N)=S)c(C)n1. The number of aromatic nitrogens is 1. The Morgan fingerprint density at radius 1 is 1.29 bits per heavy atom. The van der Waals surface area contributed by atoms with Crippen LogP contribution in [-0.2, 0) is 0 Å². The highest BCUT2D eigenvalue weighted by Crippen LogP contribution is 2.25. The van der Waals surface area contributed by atoms with Crippen molar-refractivity contribution in [3.8, 4) is 0 Å². The molecule has 0 saturated heterocycles. The Balaban J connectivity index is 2.34. The topological polar surface area (TPSA) is 50.9 Å². The van der Waals surface area contributed by atoms with E-state index < -0.39 is 0 Å². The maximum atomic E-state index is 5.92. The standard InChI is InChI=1S/C16H18ClN3S/c1-9-8-14(15(16(18)21)11(3)19-9)20-10(2)12-4-6-13(17)7-5-12/h4-8,10H,1-3H3,(H2,18,21)(H,19,20). The number of rotatable bonds is 4. The smallest absolute Gasteiger partial charge is 0.107 e. The second-order valence-electron chi connectivity index (χ2n) is 5.05. The van der Waals surface area contributed by atoms with Crippen molar-refractivity contribution in [1.82, 2.24) is 4.98 Å². The van der Waals surface area contributed by atoms with Crippen LogP contribution in [0.15, 0.2) is 30.3 Å². The summed E-state index contributed by atoms with van der Waals surface area (Å²) in [5.41, 5.74) is 10.5. The minimum absolute atomic E-state index is 0.108. The van der Waals surface area contributed by atoms with E-state index in [1.54, 1.807) is 0 Å². The lowest BCUT2D eigenvalue weighted by atomic mass is 10.1. The maximum Gasteiger partial charge on any atom is 0.107 e. The molecule has 0 saturated carbocycles. The van der Waals surface area contributed by atoms with Gasteiger partial charge in [0.1, 0.15) is 4.99 Å². The first-order chi connectivity index (χ1) is 9.88. The molecule has 2 rings (SSSR count). The molecule has 0 radical (unpaired) electrons. The van der Waals surface area contributed by atoms with Gasteiger partial charge in [-0.05, 0) is 44.5 Å². The molecule has 3 nitrogen and oxygen atoms in total. The molecule has 1 heterocycles. The zero-order chi connectivity index (χ0) is 15.6. The molecule has 2 aromatic rings. The van der Waals surface area contributed by atoms with E-state index in [0.29, 0.717) is 4.99 Å². The van der Waals surface area contributed by atoms with Crippen molar-refractivity contribution in [3.63, 3.8) is 0 Å². The Labute approximate surface area is 135 Å². The van der Waals surface area contributed by atoms with Crippen LogP contribution in [0.5, 0.6) is 0 Å². The summed E-state index contributed by atoms with van der Waals surface area (Å²) >= 11 is 11.1. The van der Waals surface area contributed by atoms with E-state index in [1.807, 2.05) is 44.2 Å². The van der Waals surface area contributed by atoms with Crippen molar-refractivity contribution in [1.29, 1.82) is 0 Å². The summed E-state index contributed by atoms with van der Waals surface area (Å²) < 4.78 is 0. The van der Waals surface area contributed by atoms with Gasteiger partial charge in [-0.1, -0.05) is 36.0 Å². The molecule has 0 fully saturated rings. The summed E-state index contributed by atoms with van der Waals surface area (Å²) in [6, 6.07) is 9.84. The van der Waals surface area contributed by atoms with Crippen LogP contribution in [0.2, 0.25) is 5.02 Å². The van der Waals surface area contributed by atoms with Gasteiger partial charge in [0.25, 0.3) is 0 Å². The molecule has 0 aliphatic heterocycles. The summed E-state index contributed by atoms with van der Waals surface area (Å²) in [4.78, 5) is 4.77. The average Bonchev–Trinajstić information content (AvgIpc) is 2.37. The summed E-state index contributed by atoms with van der Waals surface area (Å²) in [7, 11) is 0. The molecule has 1 aromatic heterocycles. The Hall–Kier alpha value is -1.65. The van der Waals surface area contributed by atoms with E-state index >= 15 is 0 Å². The Morgan fingerprint density at radius 2 is 1.90 bits per heavy atom. The van der Waals surface area contributed by atoms with Crippen LogP contribution in [0.3, 0.4) is 0 Å². The molecule has 0 aliphatic rings. The van der Waals surface area contributed by atoms with E-state index in [0.717, 1.165) is 33.2 Å². The summed E-state index contributed by atoms with van der Waals surface area (Å²) in [6.45, 7) is 5.95. The minimum atomic E-state index is 0.108. The average molecular weight is 320 g/mol. The quantitative estimate of drug-likeness (QED) is 0.831. The van der Waals surface area contributed by atoms with Gasteiger partial charge in [-0.3, -0.25) is 4.98 Å². The number of hydrogen-bond acceptors (Lipinski definition) is 3. The summed E-state index contributed by atoms with van der Waals surface area (Å²) in [6.07, 6.45) is 0. The van der Waals surface area contributed by atoms with Crippen molar-refractivity contribution in [2.24, 2.45) is 5.73 Å². The second kappa shape index (κ2) is 6.41. The van der Waals surface area contributed by atoms with Crippen LogP contribution in [0.4, 0.5) is 5.69 Å². The lowest BCUT2D eigenvalue weighted by Gasteiger charge is -2.20. The fourth-order valence-corrected chi connectivity index (χ4v) is 2.71. The number of benzene rings is 1. The maximum absolute atomic E-state index is 5.92. The van der Waals surface area contributed by atoms with Crippen molar-refractivity contribution < 1.29 is 0 Å². The number of pyridine rings is 1. The molecule has 21 heavy (non-hydrogen) atoms. The Kier molecular flexibility index (Phi) is 4.80. The van der Waals surface area contributed by atoms with Crippen LogP contribution in [0.1, 0.15) is 35.5 Å². The molecule has 110 valence electrons. The van der Waals surface area contributed by atoms with Gasteiger partial charge in [-0.2, -0.15) is 0 Å². The van der Waals surface area contributed by atoms with Crippen molar-refractivity contribution >= 4 is 34.5 Å². The van der Waals surface area contributed by atoms with Gasteiger partial charge in [-0.15, -0.1) is 0 Å². The molecular formula is C16H18ClN3S. The van der Waals surface area contributed by atoms with Crippen molar-refractivity contribution in [2.75, 3.05) is 5.32 Å². The van der Waals surface area contributed by atoms with Crippen LogP contribution < -0.4 is 11.1 Å². The Morgan fingerprint density at radius 3 is 2.48 bits per heavy atom. The molecule has 1 unspecified atom stereocenters. The zero-order valence-corrected chi connectivity index (χ0v) is 13.8. The van der Waals surface area contributed by atoms with Crippen molar-refractivity contribution in [3.05, 3.63) is 57.9 Å². The number of nitrogens with zero attached hydrogens (tertiary/aromatic N) is 1. The molecule has 0 spiro atoms. The van der Waals surface area contributed by atoms with Crippen LogP contribution in [-0.4, -0.2) is 9.97 Å². The van der Waals surface area contributed by atoms with Gasteiger partial charge in [0, 0.05) is 28.1 Å². The fraction of sp³-hybridized carbons (Fsp3) is 0.250. The Bertz CT molecular complexity index is 668. The van der Waals surface area contributed by atoms with E-state index in [-0.39, 0.29) is 6.04 Å². The third kappa shape index (κ3) is 3.71. The largest absolute Gasteiger partial charge is 0.389 e. The zero-order valence-electron chi connectivity index (χ0n) is 12.3. The molecular weight excluding hydrogens is 302 g/mol. The summed E-state index contributed by atoms with van der Waals surface area (Å²) in [5.74, 6) is 0. The number of aryl methyl sites for hydroxylation is 2. The van der Waals surface area contributed by atoms with Crippen LogP contribution in [0, 0.1) is 13.8 Å². The number of nitrogens with one attached hydrogen (secondary N) is 1. The third-order valence-corrected chi connectivity index (χ3v) is 3.77. The molecule has 0 aliphatic carbocycles. The third-order valence-electron chi connectivity index (χ3n) is 3.32. The number of thiocarbonyl (C=S) groups is 1. The van der Waals surface area contributed by atoms with Gasteiger partial charge in [0.2, 0.25) is 0 Å². The van der Waals surface area contributed by atoms with Gasteiger partial charge >= 0.3 is 0 Å². The van der Waals surface area contributed by atoms with Crippen LogP contribution in [0.25, 0.3) is 0 Å². The van der Waals surface area contributed by atoms with E-state index in [2.05, 4.69) is 17.2 Å². The first kappa shape index (κ1) is 15.7. The first-order valence-electron chi connectivity index (χ1n) is 6.68. The monoisotopic (exact) mass is 319 g/mol. The van der Waals surface area contributed by atoms with Gasteiger partial charge < -0.3 is 11.1 Å². The van der Waals surface area contributed by atoms with Gasteiger partial charge in [-0.25, -0.2) is 0 Å². The highest BCUT2D eigenvalue weighted by Gasteiger charge is 2.14. The second-order valence-corrected chi connectivity index (χ2v) is 5.93. The highest BCUT2D eigenvalue weighted by atomic mass is 35.5. The van der Waals surface area contributed by atoms with E-state index in [1.165, 1.54) is 0 Å². The van der Waals surface area contributed by atoms with Crippen LogP contribution >= 0.6 is 23.8 Å². The number of anilines is 1. The van der Waals surface area contributed by atoms with E-state index in [4.69, 9.17) is 29.6 Å². The molecule has 5 heteroatoms. The molecule has 3 N–H and O–H groups in total. The summed E-state index contributed by atoms with van der Waals surface area (Å²) in [5, 5.41) is 4.19. The number of nitrogens with two attached hydrogens (primary N) is 1. The minimum Gasteiger partial charge on any atom is -0.389 e. The van der Waals surface area contributed by atoms with Gasteiger partial charge in [0.05, 0.1) is 5.56 Å². The first-order valence-corrected chi connectivity index (χ1v) is 7.47. The van der Waals surface area contributed by atoms with Gasteiger partial charge in [0.15, 0.2) is 0 Å². The predicted octanol–water partition coefficient (Wildman–Crippen LogP) is 4.16. The lowest BCUT2D eigenvalue weighted by molar-refractivity contribution is 0.881.